The predicted molar refractivity (Wildman–Crippen MR) is 226 cm³/mol. The summed E-state index contributed by atoms with van der Waals surface area (Å²) in [4.78, 5) is 22.2. The molecule has 0 radical (unpaired) electrons. The maximum absolute atomic E-state index is 15.5. The Bertz CT molecular complexity index is 3040. The number of amides is 1. The quantitative estimate of drug-likeness (QED) is 0.0936. The molecule has 3 aliphatic rings. The largest absolute Gasteiger partial charge is 0.397 e. The molecule has 7 rings (SSSR count). The number of carbonyl (C=O) groups is 1. The third-order valence-corrected chi connectivity index (χ3v) is 15.0. The van der Waals surface area contributed by atoms with Crippen molar-refractivity contribution in [1.82, 2.24) is 20.1 Å². The highest BCUT2D eigenvalue weighted by Gasteiger charge is 2.61. The van der Waals surface area contributed by atoms with Gasteiger partial charge in [-0.3, -0.25) is 19.2 Å². The monoisotopic (exact) mass is 969 g/mol. The molecule has 2 heterocycles. The number of benzene rings is 2. The van der Waals surface area contributed by atoms with Gasteiger partial charge in [0, 0.05) is 29.0 Å². The van der Waals surface area contributed by atoms with Gasteiger partial charge in [-0.05, 0) is 74.9 Å². The van der Waals surface area contributed by atoms with E-state index in [1.54, 1.807) is 0 Å². The van der Waals surface area contributed by atoms with Gasteiger partial charge in [0.05, 0.1) is 44.5 Å². The number of halogens is 9. The normalized spacial score (nSPS) is 19.9. The molecule has 0 spiro atoms. The highest BCUT2D eigenvalue weighted by atomic mass is 35.5. The summed E-state index contributed by atoms with van der Waals surface area (Å²) < 4.78 is 169. The lowest BCUT2D eigenvalue weighted by atomic mass is 9.85. The molecule has 0 bridgehead atoms. The number of hydrogen-bond acceptors (Lipinski definition) is 9. The van der Waals surface area contributed by atoms with Crippen LogP contribution in [0.2, 0.25) is 5.02 Å². The number of fused-ring (bicyclic) bond motifs is 2. The first-order chi connectivity index (χ1) is 30.3. The van der Waals surface area contributed by atoms with Gasteiger partial charge in [0.25, 0.3) is 12.9 Å². The van der Waals surface area contributed by atoms with Crippen LogP contribution in [0.25, 0.3) is 22.0 Å². The number of anilines is 1. The molecule has 3 atom stereocenters. The van der Waals surface area contributed by atoms with E-state index in [2.05, 4.69) is 48.8 Å². The summed E-state index contributed by atoms with van der Waals surface area (Å²) in [5.41, 5.74) is 1.75. The Balaban J connectivity index is 1.42. The fraction of sp³-hybridized carbons (Fsp3) is 0.381. The second-order valence-corrected chi connectivity index (χ2v) is 21.0. The molecule has 2 aromatic heterocycles. The molecule has 0 unspecified atom stereocenters. The second kappa shape index (κ2) is 17.3. The van der Waals surface area contributed by atoms with Crippen LogP contribution in [-0.4, -0.2) is 84.8 Å². The minimum absolute atomic E-state index is 0.00358. The fourth-order valence-corrected chi connectivity index (χ4v) is 9.05. The SMILES string of the molecule is CC(C)(C#Cc1ccc(-c2ccc(Cl)c3c(NS(=O)(=O)C4CC4)nn(CC(F)F)c23)c([C@H](Cc2cc(F)cc(F)c2)NC(=O)CN=C2C(=C(N)C(F)F)[C@H]3C#C[C@H]3C2(F)F)n1)S(C)(=O)=O. The number of sulfone groups is 1. The average molecular weight is 970 g/mol. The summed E-state index contributed by atoms with van der Waals surface area (Å²) in [6.07, 6.45) is -5.33. The van der Waals surface area contributed by atoms with Crippen molar-refractivity contribution in [2.24, 2.45) is 22.6 Å². The van der Waals surface area contributed by atoms with Crippen LogP contribution in [0.1, 0.15) is 49.7 Å². The van der Waals surface area contributed by atoms with Crippen molar-refractivity contribution in [2.45, 2.75) is 74.5 Å². The van der Waals surface area contributed by atoms with Gasteiger partial charge in [-0.15, -0.1) is 0 Å². The number of aromatic nitrogens is 3. The van der Waals surface area contributed by atoms with Crippen molar-refractivity contribution in [1.29, 1.82) is 0 Å². The molecular weight excluding hydrogens is 934 g/mol. The molecule has 2 aromatic carbocycles. The zero-order valence-electron chi connectivity index (χ0n) is 34.2. The number of aliphatic imine (C=N–C) groups is 1. The highest BCUT2D eigenvalue weighted by Crippen LogP contribution is 2.50. The maximum atomic E-state index is 15.5. The van der Waals surface area contributed by atoms with E-state index in [-0.39, 0.29) is 49.8 Å². The zero-order valence-corrected chi connectivity index (χ0v) is 36.6. The van der Waals surface area contributed by atoms with Crippen LogP contribution in [-0.2, 0) is 37.6 Å². The van der Waals surface area contributed by atoms with Gasteiger partial charge < -0.3 is 11.1 Å². The lowest BCUT2D eigenvalue weighted by Gasteiger charge is -2.23. The molecule has 344 valence electrons. The highest BCUT2D eigenvalue weighted by molar-refractivity contribution is 7.93. The van der Waals surface area contributed by atoms with Crippen molar-refractivity contribution in [3.8, 4) is 34.8 Å². The number of rotatable bonds is 14. The molecule has 4 aromatic rings. The van der Waals surface area contributed by atoms with Gasteiger partial charge in [0.2, 0.25) is 15.9 Å². The standard InChI is InChI=1S/C42H36ClF8N7O5S2/c1-41(2,64(3,60)61)13-12-23-4-7-25(26-9-11-29(43)34-37(26)58(19-31(46)47)56-40(34)57-65(62,63)24-5-6-24)36(54-23)30(16-20-14-21(44)17-22(45)15-20)55-32(59)18-53-38-33(35(52)39(48)49)27-8-10-28(27)42(38,50)51/h4,7,9,11,14-15,17,24,27-28,30-31,39H,5-6,16,18-19,52H2,1-3H3,(H,55,59)(H,56,57)/t27-,28+,30-/m0/s1. The smallest absolute Gasteiger partial charge is 0.304 e. The van der Waals surface area contributed by atoms with E-state index < -0.39 is 121 Å². The number of nitrogens with two attached hydrogens (primary N) is 1. The minimum Gasteiger partial charge on any atom is -0.397 e. The Morgan fingerprint density at radius 2 is 1.71 bits per heavy atom. The molecule has 1 amide bonds. The summed E-state index contributed by atoms with van der Waals surface area (Å²) >= 11 is 6.61. The summed E-state index contributed by atoms with van der Waals surface area (Å²) in [6.45, 7) is 0.401. The van der Waals surface area contributed by atoms with E-state index in [9.17, 15) is 48.0 Å². The van der Waals surface area contributed by atoms with E-state index in [0.717, 1.165) is 23.1 Å². The Morgan fingerprint density at radius 3 is 2.29 bits per heavy atom. The van der Waals surface area contributed by atoms with Gasteiger partial charge >= 0.3 is 5.92 Å². The number of carbonyl (C=O) groups excluding carboxylic acids is 1. The Labute approximate surface area is 372 Å². The van der Waals surface area contributed by atoms with Crippen LogP contribution in [0.3, 0.4) is 0 Å². The van der Waals surface area contributed by atoms with Gasteiger partial charge in [-0.25, -0.2) is 48.2 Å². The first kappa shape index (κ1) is 47.3. The Kier molecular flexibility index (Phi) is 12.5. The second-order valence-electron chi connectivity index (χ2n) is 16.1. The van der Waals surface area contributed by atoms with Crippen LogP contribution in [0.15, 0.2) is 58.7 Å². The molecule has 2 fully saturated rings. The zero-order chi connectivity index (χ0) is 47.6. The van der Waals surface area contributed by atoms with Crippen molar-refractivity contribution >= 4 is 59.8 Å². The number of sulfonamides is 1. The number of nitrogens with zero attached hydrogens (tertiary/aromatic N) is 4. The van der Waals surface area contributed by atoms with Gasteiger partial charge in [0.1, 0.15) is 46.8 Å². The summed E-state index contributed by atoms with van der Waals surface area (Å²) in [6, 6.07) is 6.13. The minimum atomic E-state index is -4.05. The molecule has 0 saturated heterocycles. The van der Waals surface area contributed by atoms with E-state index >= 15 is 8.78 Å². The average Bonchev–Trinajstić information content (AvgIpc) is 3.96. The number of alkyl halides is 6. The van der Waals surface area contributed by atoms with Crippen molar-refractivity contribution in [2.75, 3.05) is 17.5 Å². The number of pyridine rings is 1. The molecule has 2 saturated carbocycles. The van der Waals surface area contributed by atoms with Crippen LogP contribution in [0, 0.1) is 47.2 Å². The van der Waals surface area contributed by atoms with Crippen molar-refractivity contribution in [3.05, 3.63) is 87.3 Å². The molecule has 3 aliphatic carbocycles. The molecule has 12 nitrogen and oxygen atoms in total. The summed E-state index contributed by atoms with van der Waals surface area (Å²) in [7, 11) is -7.85. The molecule has 23 heteroatoms. The van der Waals surface area contributed by atoms with Crippen LogP contribution < -0.4 is 15.8 Å². The number of nitrogens with one attached hydrogen (secondary N) is 2. The molecule has 4 N–H and O–H groups in total. The third-order valence-electron chi connectivity index (χ3n) is 10.9. The predicted octanol–water partition coefficient (Wildman–Crippen LogP) is 6.59. The van der Waals surface area contributed by atoms with Crippen molar-refractivity contribution < 1.29 is 56.8 Å². The molecule has 65 heavy (non-hydrogen) atoms. The topological polar surface area (TPSA) is 178 Å². The summed E-state index contributed by atoms with van der Waals surface area (Å²) in [5, 5.41) is 5.69. The maximum Gasteiger partial charge on any atom is 0.304 e. The van der Waals surface area contributed by atoms with E-state index in [1.165, 1.54) is 38.1 Å². The molecular formula is C42H36ClF8N7O5S2. The van der Waals surface area contributed by atoms with Crippen LogP contribution >= 0.6 is 11.6 Å². The van der Waals surface area contributed by atoms with Gasteiger partial charge in [0.15, 0.2) is 15.7 Å². The Hall–Kier alpha value is -5.71. The van der Waals surface area contributed by atoms with Crippen molar-refractivity contribution in [3.63, 3.8) is 0 Å². The number of allylic oxidation sites excluding steroid dienone is 2. The number of hydrogen-bond donors (Lipinski definition) is 3. The molecule has 0 aliphatic heterocycles. The van der Waals surface area contributed by atoms with Crippen LogP contribution in [0.4, 0.5) is 40.9 Å². The van der Waals surface area contributed by atoms with E-state index in [4.69, 9.17) is 17.3 Å². The first-order valence-corrected chi connectivity index (χ1v) is 23.3. The summed E-state index contributed by atoms with van der Waals surface area (Å²) in [5.74, 6) is -0.763. The fourth-order valence-electron chi connectivity index (χ4n) is 7.23. The van der Waals surface area contributed by atoms with E-state index in [1.807, 2.05) is 0 Å². The van der Waals surface area contributed by atoms with Crippen LogP contribution in [0.5, 0.6) is 0 Å². The van der Waals surface area contributed by atoms with Gasteiger partial charge in [-0.2, -0.15) is 13.9 Å². The lowest BCUT2D eigenvalue weighted by Crippen LogP contribution is -2.35. The third kappa shape index (κ3) is 9.52. The van der Waals surface area contributed by atoms with E-state index in [0.29, 0.717) is 18.9 Å². The first-order valence-electron chi connectivity index (χ1n) is 19.5. The van der Waals surface area contributed by atoms with Gasteiger partial charge in [-0.1, -0.05) is 35.4 Å². The lowest BCUT2D eigenvalue weighted by molar-refractivity contribution is -0.120. The Morgan fingerprint density at radius 1 is 1.05 bits per heavy atom.